The molecular weight excluding hydrogens is 232 g/mol. The first-order valence-corrected chi connectivity index (χ1v) is 6.98. The Morgan fingerprint density at radius 1 is 1.21 bits per heavy atom. The highest BCUT2D eigenvalue weighted by atomic mass is 14.9. The number of nitrogens with zero attached hydrogens (tertiary/aromatic N) is 1. The molecule has 0 radical (unpaired) electrons. The van der Waals surface area contributed by atoms with Crippen LogP contribution in [0.15, 0.2) is 48.8 Å². The topological polar surface area (TPSA) is 24.9 Å². The van der Waals surface area contributed by atoms with Gasteiger partial charge < -0.3 is 5.32 Å². The third-order valence-electron chi connectivity index (χ3n) is 3.25. The normalized spacial score (nSPS) is 12.3. The molecule has 1 aromatic carbocycles. The van der Waals surface area contributed by atoms with Crippen molar-refractivity contribution in [1.29, 1.82) is 0 Å². The first kappa shape index (κ1) is 13.8. The molecule has 1 atom stereocenters. The number of aromatic nitrogens is 1. The van der Waals surface area contributed by atoms with Crippen LogP contribution in [0.1, 0.15) is 36.1 Å². The van der Waals surface area contributed by atoms with Crippen LogP contribution >= 0.6 is 0 Å². The van der Waals surface area contributed by atoms with Gasteiger partial charge in [0.1, 0.15) is 0 Å². The van der Waals surface area contributed by atoms with Gasteiger partial charge in [0.15, 0.2) is 0 Å². The fourth-order valence-corrected chi connectivity index (χ4v) is 2.28. The van der Waals surface area contributed by atoms with Crippen molar-refractivity contribution in [3.05, 3.63) is 65.5 Å². The van der Waals surface area contributed by atoms with E-state index < -0.39 is 0 Å². The molecule has 0 saturated heterocycles. The number of pyridine rings is 1. The van der Waals surface area contributed by atoms with Gasteiger partial charge in [0.25, 0.3) is 0 Å². The molecule has 2 rings (SSSR count). The van der Waals surface area contributed by atoms with Crippen LogP contribution in [0, 0.1) is 6.92 Å². The molecule has 0 fully saturated rings. The summed E-state index contributed by atoms with van der Waals surface area (Å²) in [7, 11) is 0. The molecule has 1 unspecified atom stereocenters. The lowest BCUT2D eigenvalue weighted by atomic mass is 9.99. The predicted molar refractivity (Wildman–Crippen MR) is 80.2 cm³/mol. The first-order chi connectivity index (χ1) is 9.29. The van der Waals surface area contributed by atoms with Gasteiger partial charge in [0.05, 0.1) is 0 Å². The molecule has 1 heterocycles. The second-order valence-electron chi connectivity index (χ2n) is 4.99. The molecule has 0 amide bonds. The van der Waals surface area contributed by atoms with E-state index in [0.29, 0.717) is 6.04 Å². The third-order valence-corrected chi connectivity index (χ3v) is 3.25. The number of aryl methyl sites for hydroxylation is 1. The van der Waals surface area contributed by atoms with Gasteiger partial charge in [-0.1, -0.05) is 42.8 Å². The number of benzene rings is 1. The van der Waals surface area contributed by atoms with Gasteiger partial charge in [-0.15, -0.1) is 0 Å². The summed E-state index contributed by atoms with van der Waals surface area (Å²) in [6.07, 6.45) is 5.94. The summed E-state index contributed by atoms with van der Waals surface area (Å²) in [6.45, 7) is 5.37. The second kappa shape index (κ2) is 7.05. The number of hydrogen-bond acceptors (Lipinski definition) is 2. The van der Waals surface area contributed by atoms with Gasteiger partial charge in [0, 0.05) is 18.4 Å². The van der Waals surface area contributed by atoms with E-state index in [4.69, 9.17) is 0 Å². The maximum absolute atomic E-state index is 4.23. The van der Waals surface area contributed by atoms with E-state index in [1.165, 1.54) is 16.7 Å². The van der Waals surface area contributed by atoms with E-state index in [-0.39, 0.29) is 0 Å². The molecule has 0 aliphatic heterocycles. The predicted octanol–water partition coefficient (Wildman–Crippen LogP) is 3.67. The van der Waals surface area contributed by atoms with E-state index >= 15 is 0 Å². The Bertz CT molecular complexity index is 494. The summed E-state index contributed by atoms with van der Waals surface area (Å²) in [6, 6.07) is 13.2. The zero-order chi connectivity index (χ0) is 13.5. The molecule has 0 bridgehead atoms. The minimum absolute atomic E-state index is 0.343. The molecule has 2 heteroatoms. The largest absolute Gasteiger partial charge is 0.310 e. The highest BCUT2D eigenvalue weighted by molar-refractivity contribution is 5.25. The summed E-state index contributed by atoms with van der Waals surface area (Å²) in [5.74, 6) is 0. The van der Waals surface area contributed by atoms with Crippen molar-refractivity contribution in [1.82, 2.24) is 10.3 Å². The summed E-state index contributed by atoms with van der Waals surface area (Å²) < 4.78 is 0. The Hall–Kier alpha value is -1.67. The van der Waals surface area contributed by atoms with Crippen LogP contribution in [-0.2, 0) is 6.42 Å². The zero-order valence-electron chi connectivity index (χ0n) is 11.8. The van der Waals surface area contributed by atoms with Crippen molar-refractivity contribution in [2.45, 2.75) is 32.7 Å². The molecule has 0 aliphatic rings. The molecule has 0 spiro atoms. The van der Waals surface area contributed by atoms with Crippen molar-refractivity contribution >= 4 is 0 Å². The molecule has 0 aliphatic carbocycles. The average molecular weight is 254 g/mol. The van der Waals surface area contributed by atoms with E-state index in [2.05, 4.69) is 54.5 Å². The van der Waals surface area contributed by atoms with E-state index in [1.54, 1.807) is 0 Å². The van der Waals surface area contributed by atoms with Gasteiger partial charge in [-0.05, 0) is 43.5 Å². The minimum Gasteiger partial charge on any atom is -0.310 e. The third kappa shape index (κ3) is 4.18. The van der Waals surface area contributed by atoms with Crippen LogP contribution in [0.3, 0.4) is 0 Å². The van der Waals surface area contributed by atoms with Gasteiger partial charge in [-0.2, -0.15) is 0 Å². The highest BCUT2D eigenvalue weighted by Gasteiger charge is 2.11. The maximum atomic E-state index is 4.23. The summed E-state index contributed by atoms with van der Waals surface area (Å²) in [5, 5.41) is 3.61. The lowest BCUT2D eigenvalue weighted by Crippen LogP contribution is -2.24. The molecule has 1 aromatic heterocycles. The van der Waals surface area contributed by atoms with Crippen LogP contribution in [-0.4, -0.2) is 11.5 Å². The Kier molecular flexibility index (Phi) is 5.10. The monoisotopic (exact) mass is 254 g/mol. The Morgan fingerprint density at radius 3 is 2.79 bits per heavy atom. The van der Waals surface area contributed by atoms with Crippen molar-refractivity contribution in [3.63, 3.8) is 0 Å². The summed E-state index contributed by atoms with van der Waals surface area (Å²) in [4.78, 5) is 4.23. The second-order valence-corrected chi connectivity index (χ2v) is 4.99. The van der Waals surface area contributed by atoms with E-state index in [1.807, 2.05) is 18.5 Å². The molecule has 1 N–H and O–H groups in total. The van der Waals surface area contributed by atoms with Crippen LogP contribution in [0.2, 0.25) is 0 Å². The fourth-order valence-electron chi connectivity index (χ4n) is 2.28. The summed E-state index contributed by atoms with van der Waals surface area (Å²) >= 11 is 0. The smallest absolute Gasteiger partial charge is 0.0376 e. The van der Waals surface area contributed by atoms with Gasteiger partial charge in [-0.3, -0.25) is 4.98 Å². The molecule has 19 heavy (non-hydrogen) atoms. The standard InChI is InChI=1S/C17H22N2/c1-3-9-19-17(16-8-5-10-18-13-16)12-15-7-4-6-14(2)11-15/h4-8,10-11,13,17,19H,3,9,12H2,1-2H3. The Morgan fingerprint density at radius 2 is 2.11 bits per heavy atom. The lowest BCUT2D eigenvalue weighted by Gasteiger charge is -2.19. The Balaban J connectivity index is 2.14. The molecule has 2 aromatic rings. The SMILES string of the molecule is CCCNC(Cc1cccc(C)c1)c1cccnc1. The fraction of sp³-hybridized carbons (Fsp3) is 0.353. The summed E-state index contributed by atoms with van der Waals surface area (Å²) in [5.41, 5.74) is 3.95. The highest BCUT2D eigenvalue weighted by Crippen LogP contribution is 2.18. The van der Waals surface area contributed by atoms with Gasteiger partial charge >= 0.3 is 0 Å². The van der Waals surface area contributed by atoms with Crippen LogP contribution in [0.5, 0.6) is 0 Å². The quantitative estimate of drug-likeness (QED) is 0.850. The molecular formula is C17H22N2. The first-order valence-electron chi connectivity index (χ1n) is 6.98. The molecule has 0 saturated carbocycles. The average Bonchev–Trinajstić information content (AvgIpc) is 2.44. The number of hydrogen-bond donors (Lipinski definition) is 1. The van der Waals surface area contributed by atoms with Gasteiger partial charge in [0.2, 0.25) is 0 Å². The molecule has 100 valence electrons. The Labute approximate surface area is 115 Å². The van der Waals surface area contributed by atoms with Gasteiger partial charge in [-0.25, -0.2) is 0 Å². The maximum Gasteiger partial charge on any atom is 0.0376 e. The van der Waals surface area contributed by atoms with Crippen LogP contribution in [0.25, 0.3) is 0 Å². The van der Waals surface area contributed by atoms with E-state index in [9.17, 15) is 0 Å². The van der Waals surface area contributed by atoms with Crippen molar-refractivity contribution in [2.75, 3.05) is 6.54 Å². The van der Waals surface area contributed by atoms with Crippen molar-refractivity contribution < 1.29 is 0 Å². The van der Waals surface area contributed by atoms with E-state index in [0.717, 1.165) is 19.4 Å². The zero-order valence-corrected chi connectivity index (χ0v) is 11.8. The number of rotatable bonds is 6. The number of nitrogens with one attached hydrogen (secondary N) is 1. The van der Waals surface area contributed by atoms with Crippen molar-refractivity contribution in [3.8, 4) is 0 Å². The molecule has 2 nitrogen and oxygen atoms in total. The minimum atomic E-state index is 0.343. The van der Waals surface area contributed by atoms with Crippen molar-refractivity contribution in [2.24, 2.45) is 0 Å². The lowest BCUT2D eigenvalue weighted by molar-refractivity contribution is 0.528. The van der Waals surface area contributed by atoms with Crippen LogP contribution in [0.4, 0.5) is 0 Å². The van der Waals surface area contributed by atoms with Crippen LogP contribution < -0.4 is 5.32 Å².